The Morgan fingerprint density at radius 2 is 2.39 bits per heavy atom. The fourth-order valence-electron chi connectivity index (χ4n) is 1.26. The number of benzene rings is 1. The van der Waals surface area contributed by atoms with Crippen molar-refractivity contribution < 1.29 is 14.3 Å². The van der Waals surface area contributed by atoms with Crippen LogP contribution in [-0.4, -0.2) is 24.8 Å². The molecule has 1 rings (SSSR count). The molecule has 1 amide bonds. The van der Waals surface area contributed by atoms with Crippen LogP contribution in [0.4, 0.5) is 0 Å². The average molecular weight is 266 g/mol. The minimum Gasteiger partial charge on any atom is -0.480 e. The van der Waals surface area contributed by atoms with Crippen LogP contribution in [0.2, 0.25) is 5.02 Å². The summed E-state index contributed by atoms with van der Waals surface area (Å²) < 4.78 is 5.38. The Labute approximate surface area is 110 Å². The summed E-state index contributed by atoms with van der Waals surface area (Å²) in [4.78, 5) is 22.4. The van der Waals surface area contributed by atoms with Crippen molar-refractivity contribution in [2.24, 2.45) is 0 Å². The number of hydrogen-bond donors (Lipinski definition) is 1. The number of halogens is 1. The molecule has 0 aliphatic carbocycles. The van der Waals surface area contributed by atoms with Crippen LogP contribution >= 0.6 is 11.6 Å². The molecule has 1 N–H and O–H groups in total. The Hall–Kier alpha value is -1.99. The summed E-state index contributed by atoms with van der Waals surface area (Å²) >= 11 is 5.84. The van der Waals surface area contributed by atoms with Crippen LogP contribution in [0.15, 0.2) is 18.2 Å². The molecule has 0 fully saturated rings. The zero-order valence-electron chi connectivity index (χ0n) is 9.77. The highest BCUT2D eigenvalue weighted by atomic mass is 35.5. The van der Waals surface area contributed by atoms with Gasteiger partial charge in [0.25, 0.3) is 5.91 Å². The first-order valence-electron chi connectivity index (χ1n) is 5.21. The van der Waals surface area contributed by atoms with Crippen LogP contribution in [-0.2, 0) is 4.79 Å². The van der Waals surface area contributed by atoms with Crippen LogP contribution in [0.25, 0.3) is 0 Å². The molecule has 94 valence electrons. The lowest BCUT2D eigenvalue weighted by Crippen LogP contribution is -2.36. The second-order valence-electron chi connectivity index (χ2n) is 3.45. The molecule has 1 aromatic carbocycles. The van der Waals surface area contributed by atoms with E-state index in [0.29, 0.717) is 6.29 Å². The zero-order chi connectivity index (χ0) is 13.5. The third kappa shape index (κ3) is 3.51. The van der Waals surface area contributed by atoms with Gasteiger partial charge in [-0.3, -0.25) is 9.59 Å². The second-order valence-corrected chi connectivity index (χ2v) is 3.86. The molecular weight excluding hydrogens is 254 g/mol. The van der Waals surface area contributed by atoms with Gasteiger partial charge in [-0.05, 0) is 19.1 Å². The first-order chi connectivity index (χ1) is 8.60. The van der Waals surface area contributed by atoms with E-state index in [4.69, 9.17) is 22.8 Å². The standard InChI is InChI=1S/C13H12ClNO3/c1-3-7-15-13(17)9(2)18-12-6-4-5-11(14)10(12)8-16/h1,4-6,8-9H,7H2,2H3,(H,15,17). The van der Waals surface area contributed by atoms with E-state index in [1.165, 1.54) is 0 Å². The third-order valence-electron chi connectivity index (χ3n) is 2.17. The number of terminal acetylenes is 1. The van der Waals surface area contributed by atoms with Gasteiger partial charge < -0.3 is 10.1 Å². The molecule has 0 aliphatic rings. The summed E-state index contributed by atoms with van der Waals surface area (Å²) in [6, 6.07) is 4.78. The molecule has 1 aromatic rings. The van der Waals surface area contributed by atoms with Gasteiger partial charge in [0, 0.05) is 0 Å². The number of aldehydes is 1. The average Bonchev–Trinajstić information content (AvgIpc) is 2.36. The number of rotatable bonds is 5. The summed E-state index contributed by atoms with van der Waals surface area (Å²) in [7, 11) is 0. The van der Waals surface area contributed by atoms with Crippen molar-refractivity contribution in [3.63, 3.8) is 0 Å². The smallest absolute Gasteiger partial charge is 0.261 e. The normalized spacial score (nSPS) is 11.2. The van der Waals surface area contributed by atoms with E-state index in [-0.39, 0.29) is 28.8 Å². The van der Waals surface area contributed by atoms with Gasteiger partial charge in [0.2, 0.25) is 0 Å². The minimum atomic E-state index is -0.768. The largest absolute Gasteiger partial charge is 0.480 e. The van der Waals surface area contributed by atoms with Gasteiger partial charge >= 0.3 is 0 Å². The van der Waals surface area contributed by atoms with E-state index in [1.54, 1.807) is 25.1 Å². The Balaban J connectivity index is 2.79. The van der Waals surface area contributed by atoms with Crippen molar-refractivity contribution >= 4 is 23.8 Å². The highest BCUT2D eigenvalue weighted by molar-refractivity contribution is 6.33. The van der Waals surface area contributed by atoms with E-state index in [2.05, 4.69) is 11.2 Å². The molecule has 4 nitrogen and oxygen atoms in total. The molecule has 0 spiro atoms. The first kappa shape index (κ1) is 14.1. The highest BCUT2D eigenvalue weighted by Crippen LogP contribution is 2.25. The third-order valence-corrected chi connectivity index (χ3v) is 2.50. The Bertz CT molecular complexity index is 493. The van der Waals surface area contributed by atoms with Gasteiger partial charge in [0.15, 0.2) is 12.4 Å². The van der Waals surface area contributed by atoms with Crippen LogP contribution in [0.5, 0.6) is 5.75 Å². The number of carbonyl (C=O) groups is 2. The maximum Gasteiger partial charge on any atom is 0.261 e. The minimum absolute atomic E-state index is 0.128. The number of nitrogens with one attached hydrogen (secondary N) is 1. The monoisotopic (exact) mass is 265 g/mol. The van der Waals surface area contributed by atoms with Crippen LogP contribution < -0.4 is 10.1 Å². The summed E-state index contributed by atoms with van der Waals surface area (Å²) in [5.41, 5.74) is 0.218. The van der Waals surface area contributed by atoms with Crippen LogP contribution in [0.3, 0.4) is 0 Å². The topological polar surface area (TPSA) is 55.4 Å². The number of hydrogen-bond acceptors (Lipinski definition) is 3. The van der Waals surface area contributed by atoms with Gasteiger partial charge in [-0.15, -0.1) is 6.42 Å². The van der Waals surface area contributed by atoms with E-state index in [0.717, 1.165) is 0 Å². The van der Waals surface area contributed by atoms with Crippen molar-refractivity contribution in [2.45, 2.75) is 13.0 Å². The Morgan fingerprint density at radius 1 is 1.67 bits per heavy atom. The molecule has 0 heterocycles. The molecule has 0 aliphatic heterocycles. The second kappa shape index (κ2) is 6.67. The van der Waals surface area contributed by atoms with Gasteiger partial charge in [0.1, 0.15) is 5.75 Å². The lowest BCUT2D eigenvalue weighted by atomic mass is 10.2. The van der Waals surface area contributed by atoms with E-state index >= 15 is 0 Å². The van der Waals surface area contributed by atoms with E-state index in [1.807, 2.05) is 0 Å². The summed E-state index contributed by atoms with van der Waals surface area (Å²) in [6.07, 6.45) is 4.84. The van der Waals surface area contributed by atoms with Crippen molar-refractivity contribution in [3.8, 4) is 18.1 Å². The van der Waals surface area contributed by atoms with Crippen molar-refractivity contribution in [3.05, 3.63) is 28.8 Å². The van der Waals surface area contributed by atoms with Crippen LogP contribution in [0.1, 0.15) is 17.3 Å². The van der Waals surface area contributed by atoms with Crippen molar-refractivity contribution in [1.82, 2.24) is 5.32 Å². The predicted molar refractivity (Wildman–Crippen MR) is 68.8 cm³/mol. The first-order valence-corrected chi connectivity index (χ1v) is 5.59. The molecule has 0 saturated heterocycles. The fraction of sp³-hybridized carbons (Fsp3) is 0.231. The van der Waals surface area contributed by atoms with Gasteiger partial charge in [-0.25, -0.2) is 0 Å². The molecule has 1 unspecified atom stereocenters. The van der Waals surface area contributed by atoms with Crippen molar-refractivity contribution in [1.29, 1.82) is 0 Å². The number of amides is 1. The van der Waals surface area contributed by atoms with E-state index in [9.17, 15) is 9.59 Å². The quantitative estimate of drug-likeness (QED) is 0.651. The SMILES string of the molecule is C#CCNC(=O)C(C)Oc1cccc(Cl)c1C=O. The molecule has 5 heteroatoms. The fourth-order valence-corrected chi connectivity index (χ4v) is 1.47. The highest BCUT2D eigenvalue weighted by Gasteiger charge is 2.16. The molecule has 0 saturated carbocycles. The molecule has 0 bridgehead atoms. The number of ether oxygens (including phenoxy) is 1. The Kier molecular flexibility index (Phi) is 5.22. The summed E-state index contributed by atoms with van der Waals surface area (Å²) in [5, 5.41) is 2.76. The summed E-state index contributed by atoms with van der Waals surface area (Å²) in [6.45, 7) is 1.68. The Morgan fingerprint density at radius 3 is 3.00 bits per heavy atom. The van der Waals surface area contributed by atoms with Gasteiger partial charge in [0.05, 0.1) is 17.1 Å². The van der Waals surface area contributed by atoms with Gasteiger partial charge in [-0.2, -0.15) is 0 Å². The maximum atomic E-state index is 11.5. The molecule has 18 heavy (non-hydrogen) atoms. The van der Waals surface area contributed by atoms with E-state index < -0.39 is 6.10 Å². The van der Waals surface area contributed by atoms with Crippen LogP contribution in [0, 0.1) is 12.3 Å². The lowest BCUT2D eigenvalue weighted by Gasteiger charge is -2.15. The zero-order valence-corrected chi connectivity index (χ0v) is 10.5. The number of carbonyl (C=O) groups excluding carboxylic acids is 2. The van der Waals surface area contributed by atoms with Crippen molar-refractivity contribution in [2.75, 3.05) is 6.54 Å². The lowest BCUT2D eigenvalue weighted by molar-refractivity contribution is -0.127. The molecule has 0 aromatic heterocycles. The molecule has 1 atom stereocenters. The molecular formula is C13H12ClNO3. The maximum absolute atomic E-state index is 11.5. The predicted octanol–water partition coefficient (Wildman–Crippen LogP) is 1.67. The van der Waals surface area contributed by atoms with Gasteiger partial charge in [-0.1, -0.05) is 23.6 Å². The molecule has 0 radical (unpaired) electrons. The summed E-state index contributed by atoms with van der Waals surface area (Å²) in [5.74, 6) is 2.19.